The Hall–Kier alpha value is -3.37. The number of ether oxygens (including phenoxy) is 1. The first-order chi connectivity index (χ1) is 18.9. The molecule has 3 unspecified atom stereocenters. The molecule has 1 N–H and O–H groups in total. The second-order valence-corrected chi connectivity index (χ2v) is 10.4. The average Bonchev–Trinajstić information content (AvgIpc) is 3.12. The average molecular weight is 564 g/mol. The summed E-state index contributed by atoms with van der Waals surface area (Å²) in [5.41, 5.74) is -2.26. The normalized spacial score (nSPS) is 25.2. The lowest BCUT2D eigenvalue weighted by Gasteiger charge is -2.50. The van der Waals surface area contributed by atoms with Gasteiger partial charge in [-0.05, 0) is 54.2 Å². The molecule has 2 aliphatic heterocycles. The molecule has 0 aliphatic carbocycles. The zero-order chi connectivity index (χ0) is 28.7. The lowest BCUT2D eigenvalue weighted by molar-refractivity contribution is -0.144. The Balaban J connectivity index is 1.54. The lowest BCUT2D eigenvalue weighted by atomic mass is 9.78. The fourth-order valence-corrected chi connectivity index (χ4v) is 6.34. The number of piperidine rings is 1. The van der Waals surface area contributed by atoms with Gasteiger partial charge in [-0.25, -0.2) is 0 Å². The number of aliphatic carboxylic acids is 1. The predicted octanol–water partition coefficient (Wildman–Crippen LogP) is 7.27. The van der Waals surface area contributed by atoms with Gasteiger partial charge in [-0.1, -0.05) is 60.7 Å². The van der Waals surface area contributed by atoms with E-state index in [2.05, 4.69) is 4.90 Å². The van der Waals surface area contributed by atoms with E-state index in [-0.39, 0.29) is 24.1 Å². The summed E-state index contributed by atoms with van der Waals surface area (Å²) in [6.45, 7) is -0.0837. The number of rotatable bonds is 7. The van der Waals surface area contributed by atoms with Crippen molar-refractivity contribution in [1.82, 2.24) is 4.90 Å². The standard InChI is InChI=1S/C30H27F6NO3/c31-29(32,33)22-13-20(14-23(15-22)30(34,35)36)18-40-26-12-11-25-24(27(38)39)16-28(26,21-9-5-2-6-10-21)37(25)17-19-7-3-1-4-8-19/h1-10,13-15,24-26H,11-12,16-18H2,(H,38,39)/t24-,25?,26?,28?/m0/s1. The molecule has 2 saturated heterocycles. The molecule has 40 heavy (non-hydrogen) atoms. The zero-order valence-corrected chi connectivity index (χ0v) is 21.3. The summed E-state index contributed by atoms with van der Waals surface area (Å²) >= 11 is 0. The predicted molar refractivity (Wildman–Crippen MR) is 134 cm³/mol. The molecule has 0 radical (unpaired) electrons. The molecule has 5 rings (SSSR count). The number of carbonyl (C=O) groups is 1. The molecule has 0 saturated carbocycles. The topological polar surface area (TPSA) is 49.8 Å². The molecule has 2 bridgehead atoms. The second-order valence-electron chi connectivity index (χ2n) is 10.4. The summed E-state index contributed by atoms with van der Waals surface area (Å²) in [6, 6.07) is 19.8. The van der Waals surface area contributed by atoms with Crippen LogP contribution in [-0.2, 0) is 40.6 Å². The van der Waals surface area contributed by atoms with Crippen LogP contribution in [0.25, 0.3) is 0 Å². The van der Waals surface area contributed by atoms with Gasteiger partial charge in [0.1, 0.15) is 0 Å². The van der Waals surface area contributed by atoms with Gasteiger partial charge in [0.2, 0.25) is 0 Å². The third-order valence-corrected chi connectivity index (χ3v) is 8.05. The molecular formula is C30H27F6NO3. The maximum absolute atomic E-state index is 13.4. The van der Waals surface area contributed by atoms with E-state index in [0.29, 0.717) is 31.5 Å². The molecule has 2 heterocycles. The van der Waals surface area contributed by atoms with E-state index in [1.54, 1.807) is 0 Å². The number of nitrogens with zero attached hydrogens (tertiary/aromatic N) is 1. The van der Waals surface area contributed by atoms with Crippen LogP contribution in [0.15, 0.2) is 78.9 Å². The van der Waals surface area contributed by atoms with Gasteiger partial charge in [-0.2, -0.15) is 26.3 Å². The third-order valence-electron chi connectivity index (χ3n) is 8.05. The van der Waals surface area contributed by atoms with Gasteiger partial charge in [0.15, 0.2) is 0 Å². The molecule has 2 fully saturated rings. The maximum atomic E-state index is 13.4. The fraction of sp³-hybridized carbons (Fsp3) is 0.367. The quantitative estimate of drug-likeness (QED) is 0.307. The molecule has 0 amide bonds. The molecule has 2 aliphatic rings. The first-order valence-corrected chi connectivity index (χ1v) is 12.9. The first kappa shape index (κ1) is 28.2. The largest absolute Gasteiger partial charge is 0.481 e. The summed E-state index contributed by atoms with van der Waals surface area (Å²) in [7, 11) is 0. The van der Waals surface area contributed by atoms with Crippen molar-refractivity contribution in [2.24, 2.45) is 5.92 Å². The number of hydrogen-bond donors (Lipinski definition) is 1. The first-order valence-electron chi connectivity index (χ1n) is 12.9. The van der Waals surface area contributed by atoms with E-state index in [9.17, 15) is 36.2 Å². The van der Waals surface area contributed by atoms with E-state index in [0.717, 1.165) is 11.1 Å². The van der Waals surface area contributed by atoms with Crippen LogP contribution in [0.3, 0.4) is 0 Å². The molecule has 10 heteroatoms. The molecule has 0 aromatic heterocycles. The number of halogens is 6. The Morgan fingerprint density at radius 1 is 0.850 bits per heavy atom. The summed E-state index contributed by atoms with van der Waals surface area (Å²) in [4.78, 5) is 14.5. The van der Waals surface area contributed by atoms with Crippen molar-refractivity contribution in [3.8, 4) is 0 Å². The number of hydrogen-bond acceptors (Lipinski definition) is 3. The Kier molecular flexibility index (Phi) is 7.43. The van der Waals surface area contributed by atoms with Crippen molar-refractivity contribution in [3.05, 3.63) is 107 Å². The summed E-state index contributed by atoms with van der Waals surface area (Å²) in [6.07, 6.45) is -9.55. The van der Waals surface area contributed by atoms with Gasteiger partial charge in [-0.15, -0.1) is 0 Å². The van der Waals surface area contributed by atoms with Crippen LogP contribution in [0.4, 0.5) is 26.3 Å². The van der Waals surface area contributed by atoms with Crippen molar-refractivity contribution in [2.75, 3.05) is 0 Å². The molecule has 3 aromatic rings. The molecule has 4 nitrogen and oxygen atoms in total. The third kappa shape index (κ3) is 5.34. The number of carboxylic acids is 1. The second kappa shape index (κ2) is 10.6. The highest BCUT2D eigenvalue weighted by Gasteiger charge is 2.61. The van der Waals surface area contributed by atoms with Crippen molar-refractivity contribution in [2.45, 2.75) is 62.5 Å². The minimum atomic E-state index is -4.97. The van der Waals surface area contributed by atoms with E-state index in [1.165, 1.54) is 0 Å². The smallest absolute Gasteiger partial charge is 0.416 e. The molecule has 4 atom stereocenters. The molecule has 212 valence electrons. The lowest BCUT2D eigenvalue weighted by Crippen LogP contribution is -2.56. The van der Waals surface area contributed by atoms with Crippen LogP contribution in [0.1, 0.15) is 47.1 Å². The fourth-order valence-electron chi connectivity index (χ4n) is 6.34. The van der Waals surface area contributed by atoms with Crippen LogP contribution in [0.5, 0.6) is 0 Å². The number of alkyl halides is 6. The number of carboxylic acid groups (broad SMARTS) is 1. The highest BCUT2D eigenvalue weighted by molar-refractivity contribution is 5.72. The minimum absolute atomic E-state index is 0.0934. The highest BCUT2D eigenvalue weighted by atomic mass is 19.4. The molecular weight excluding hydrogens is 536 g/mol. The van der Waals surface area contributed by atoms with Gasteiger partial charge in [0, 0.05) is 12.6 Å². The van der Waals surface area contributed by atoms with E-state index < -0.39 is 53.6 Å². The van der Waals surface area contributed by atoms with Crippen LogP contribution in [0, 0.1) is 5.92 Å². The van der Waals surface area contributed by atoms with E-state index in [4.69, 9.17) is 4.74 Å². The Morgan fingerprint density at radius 3 is 1.98 bits per heavy atom. The minimum Gasteiger partial charge on any atom is -0.481 e. The van der Waals surface area contributed by atoms with Gasteiger partial charge in [0.05, 0.1) is 35.3 Å². The van der Waals surface area contributed by atoms with Gasteiger partial charge >= 0.3 is 18.3 Å². The number of benzene rings is 3. The Labute approximate surface area is 227 Å². The van der Waals surface area contributed by atoms with Crippen LogP contribution < -0.4 is 0 Å². The van der Waals surface area contributed by atoms with Crippen molar-refractivity contribution >= 4 is 5.97 Å². The Morgan fingerprint density at radius 2 is 1.43 bits per heavy atom. The highest BCUT2D eigenvalue weighted by Crippen LogP contribution is 2.55. The van der Waals surface area contributed by atoms with E-state index >= 15 is 0 Å². The van der Waals surface area contributed by atoms with Crippen molar-refractivity contribution in [1.29, 1.82) is 0 Å². The molecule has 3 aromatic carbocycles. The monoisotopic (exact) mass is 563 g/mol. The van der Waals surface area contributed by atoms with Crippen LogP contribution in [0.2, 0.25) is 0 Å². The summed E-state index contributed by atoms with van der Waals surface area (Å²) in [5, 5.41) is 10.1. The SMILES string of the molecule is O=C(O)[C@H]1CC2(c3ccccc3)C(OCc3cc(C(F)(F)F)cc(C(F)(F)F)c3)CCC1N2Cc1ccccc1. The summed E-state index contributed by atoms with van der Waals surface area (Å²) < 4.78 is 86.9. The van der Waals surface area contributed by atoms with E-state index in [1.807, 2.05) is 60.7 Å². The Bertz CT molecular complexity index is 1310. The van der Waals surface area contributed by atoms with Crippen LogP contribution in [-0.4, -0.2) is 28.1 Å². The van der Waals surface area contributed by atoms with Crippen LogP contribution >= 0.6 is 0 Å². The van der Waals surface area contributed by atoms with Crippen molar-refractivity contribution < 1.29 is 41.0 Å². The number of fused-ring (bicyclic) bond motifs is 2. The van der Waals surface area contributed by atoms with Gasteiger partial charge in [0.25, 0.3) is 0 Å². The maximum Gasteiger partial charge on any atom is 0.416 e. The van der Waals surface area contributed by atoms with Crippen molar-refractivity contribution in [3.63, 3.8) is 0 Å². The molecule has 0 spiro atoms. The van der Waals surface area contributed by atoms with Gasteiger partial charge in [-0.3, -0.25) is 9.69 Å². The summed E-state index contributed by atoms with van der Waals surface area (Å²) in [5.74, 6) is -1.67. The van der Waals surface area contributed by atoms with Gasteiger partial charge < -0.3 is 9.84 Å². The zero-order valence-electron chi connectivity index (χ0n) is 21.3.